The Morgan fingerprint density at radius 2 is 1.41 bits per heavy atom. The maximum atomic E-state index is 11.8. The summed E-state index contributed by atoms with van der Waals surface area (Å²) < 4.78 is 5.31. The molecule has 0 rings (SSSR count). The van der Waals surface area contributed by atoms with Gasteiger partial charge in [0.05, 0.1) is 6.61 Å². The van der Waals surface area contributed by atoms with Gasteiger partial charge in [0.2, 0.25) is 0 Å². The molecule has 0 radical (unpaired) electrons. The van der Waals surface area contributed by atoms with Gasteiger partial charge >= 0.3 is 5.97 Å². The van der Waals surface area contributed by atoms with Gasteiger partial charge < -0.3 is 4.74 Å². The lowest BCUT2D eigenvalue weighted by Crippen LogP contribution is -2.19. The zero-order valence-corrected chi connectivity index (χ0v) is 12.7. The summed E-state index contributed by atoms with van der Waals surface area (Å²) in [4.78, 5) is 11.8. The summed E-state index contributed by atoms with van der Waals surface area (Å²) >= 11 is 0. The summed E-state index contributed by atoms with van der Waals surface area (Å²) in [5.41, 5.74) is 2.10. The van der Waals surface area contributed by atoms with Crippen LogP contribution in [0, 0.1) is 10.8 Å². The normalized spacial score (nSPS) is 14.4. The number of esters is 1. The van der Waals surface area contributed by atoms with E-state index >= 15 is 0 Å². The van der Waals surface area contributed by atoms with Crippen LogP contribution in [0.4, 0.5) is 0 Å². The first-order valence-corrected chi connectivity index (χ1v) is 6.26. The van der Waals surface area contributed by atoms with Crippen molar-refractivity contribution >= 4 is 5.97 Å². The van der Waals surface area contributed by atoms with Crippen LogP contribution in [0.15, 0.2) is 11.1 Å². The Balaban J connectivity index is 4.53. The number of carbonyl (C=O) groups is 1. The van der Waals surface area contributed by atoms with Gasteiger partial charge in [0.1, 0.15) is 0 Å². The lowest BCUT2D eigenvalue weighted by atomic mass is 9.87. The maximum absolute atomic E-state index is 11.8. The van der Waals surface area contributed by atoms with E-state index in [1.165, 1.54) is 0 Å². The first-order valence-electron chi connectivity index (χ1n) is 6.26. The summed E-state index contributed by atoms with van der Waals surface area (Å²) in [5, 5.41) is 0. The Kier molecular flexibility index (Phi) is 5.44. The van der Waals surface area contributed by atoms with E-state index < -0.39 is 0 Å². The fourth-order valence-corrected chi connectivity index (χ4v) is 1.49. The molecule has 100 valence electrons. The number of allylic oxidation sites excluding steroid dienone is 1. The summed E-state index contributed by atoms with van der Waals surface area (Å²) in [6.07, 6.45) is 0.920. The van der Waals surface area contributed by atoms with Crippen LogP contribution in [-0.2, 0) is 9.53 Å². The molecule has 0 fully saturated rings. The Labute approximate surface area is 106 Å². The highest BCUT2D eigenvalue weighted by atomic mass is 16.5. The van der Waals surface area contributed by atoms with Gasteiger partial charge in [-0.3, -0.25) is 0 Å². The van der Waals surface area contributed by atoms with E-state index in [1.54, 1.807) is 0 Å². The fraction of sp³-hybridized carbons (Fsp3) is 0.800. The number of carbonyl (C=O) groups excluding carboxylic acids is 1. The molecule has 0 aromatic carbocycles. The highest BCUT2D eigenvalue weighted by Gasteiger charge is 2.18. The van der Waals surface area contributed by atoms with Gasteiger partial charge in [-0.1, -0.05) is 47.1 Å². The minimum Gasteiger partial charge on any atom is -0.462 e. The highest BCUT2D eigenvalue weighted by molar-refractivity contribution is 5.88. The molecule has 0 aromatic rings. The highest BCUT2D eigenvalue weighted by Crippen LogP contribution is 2.26. The van der Waals surface area contributed by atoms with E-state index in [-0.39, 0.29) is 16.8 Å². The third-order valence-electron chi connectivity index (χ3n) is 2.38. The standard InChI is InChI=1S/C15H28O2/c1-11(9-14(3,4)5)12(2)13(16)17-10-15(6,7)8/h9-10H2,1-8H3/b12-11+. The topological polar surface area (TPSA) is 26.3 Å². The van der Waals surface area contributed by atoms with Crippen LogP contribution in [0.3, 0.4) is 0 Å². The van der Waals surface area contributed by atoms with Crippen LogP contribution in [-0.4, -0.2) is 12.6 Å². The second-order valence-corrected chi connectivity index (χ2v) is 7.28. The molecule has 0 unspecified atom stereocenters. The average molecular weight is 240 g/mol. The summed E-state index contributed by atoms with van der Waals surface area (Å²) in [6, 6.07) is 0. The average Bonchev–Trinajstić information content (AvgIpc) is 2.08. The molecule has 0 aliphatic carbocycles. The van der Waals surface area contributed by atoms with E-state index in [9.17, 15) is 4.79 Å². The van der Waals surface area contributed by atoms with Crippen molar-refractivity contribution in [3.8, 4) is 0 Å². The molecule has 0 N–H and O–H groups in total. The molecule has 0 spiro atoms. The van der Waals surface area contributed by atoms with Crippen LogP contribution in [0.25, 0.3) is 0 Å². The van der Waals surface area contributed by atoms with Crippen LogP contribution in [0.5, 0.6) is 0 Å². The number of hydrogen-bond acceptors (Lipinski definition) is 2. The molecule has 0 aliphatic heterocycles. The summed E-state index contributed by atoms with van der Waals surface area (Å²) in [5.74, 6) is -0.179. The van der Waals surface area contributed by atoms with Gasteiger partial charge in [-0.25, -0.2) is 4.79 Å². The van der Waals surface area contributed by atoms with Gasteiger partial charge in [0.25, 0.3) is 0 Å². The second-order valence-electron chi connectivity index (χ2n) is 7.28. The molecular weight excluding hydrogens is 212 g/mol. The number of rotatable bonds is 3. The van der Waals surface area contributed by atoms with Crippen molar-refractivity contribution in [1.29, 1.82) is 0 Å². The van der Waals surface area contributed by atoms with Gasteiger partial charge in [-0.05, 0) is 31.1 Å². The third-order valence-corrected chi connectivity index (χ3v) is 2.38. The Morgan fingerprint density at radius 3 is 1.76 bits per heavy atom. The maximum Gasteiger partial charge on any atom is 0.333 e. The van der Waals surface area contributed by atoms with Gasteiger partial charge in [0, 0.05) is 5.57 Å². The van der Waals surface area contributed by atoms with Gasteiger partial charge in [-0.15, -0.1) is 0 Å². The molecule has 0 bridgehead atoms. The SMILES string of the molecule is C/C(CC(C)(C)C)=C(/C)C(=O)OCC(C)(C)C. The lowest BCUT2D eigenvalue weighted by Gasteiger charge is -2.21. The second kappa shape index (κ2) is 5.70. The van der Waals surface area contributed by atoms with Crippen molar-refractivity contribution in [3.05, 3.63) is 11.1 Å². The summed E-state index contributed by atoms with van der Waals surface area (Å²) in [7, 11) is 0. The van der Waals surface area contributed by atoms with Crippen molar-refractivity contribution in [3.63, 3.8) is 0 Å². The molecule has 0 saturated heterocycles. The van der Waals surface area contributed by atoms with E-state index in [2.05, 4.69) is 41.5 Å². The van der Waals surface area contributed by atoms with E-state index in [4.69, 9.17) is 4.74 Å². The third kappa shape index (κ3) is 8.00. The smallest absolute Gasteiger partial charge is 0.333 e. The zero-order chi connectivity index (χ0) is 13.9. The quantitative estimate of drug-likeness (QED) is 0.541. The lowest BCUT2D eigenvalue weighted by molar-refractivity contribution is -0.141. The van der Waals surface area contributed by atoms with Gasteiger partial charge in [-0.2, -0.15) is 0 Å². The first kappa shape index (κ1) is 16.2. The van der Waals surface area contributed by atoms with Gasteiger partial charge in [0.15, 0.2) is 0 Å². The van der Waals surface area contributed by atoms with Crippen LogP contribution in [0.1, 0.15) is 61.8 Å². The monoisotopic (exact) mass is 240 g/mol. The summed E-state index contributed by atoms with van der Waals surface area (Å²) in [6.45, 7) is 17.0. The molecule has 0 aliphatic rings. The van der Waals surface area contributed by atoms with E-state index in [0.717, 1.165) is 17.6 Å². The Hall–Kier alpha value is -0.790. The van der Waals surface area contributed by atoms with Crippen molar-refractivity contribution in [1.82, 2.24) is 0 Å². The molecule has 0 aromatic heterocycles. The predicted octanol–water partition coefficient (Wildman–Crippen LogP) is 4.35. The van der Waals surface area contributed by atoms with E-state index in [1.807, 2.05) is 13.8 Å². The van der Waals surface area contributed by atoms with Crippen LogP contribution >= 0.6 is 0 Å². The molecule has 17 heavy (non-hydrogen) atoms. The Bertz CT molecular complexity index is 298. The minimum absolute atomic E-state index is 0.0217. The van der Waals surface area contributed by atoms with Crippen molar-refractivity contribution in [2.45, 2.75) is 61.8 Å². The molecule has 2 nitrogen and oxygen atoms in total. The largest absolute Gasteiger partial charge is 0.462 e. The first-order chi connectivity index (χ1) is 7.42. The van der Waals surface area contributed by atoms with Crippen LogP contribution < -0.4 is 0 Å². The zero-order valence-electron chi connectivity index (χ0n) is 12.7. The molecule has 2 heteroatoms. The number of hydrogen-bond donors (Lipinski definition) is 0. The van der Waals surface area contributed by atoms with Crippen molar-refractivity contribution < 1.29 is 9.53 Å². The molecule has 0 saturated carbocycles. The fourth-order valence-electron chi connectivity index (χ4n) is 1.49. The Morgan fingerprint density at radius 1 is 0.941 bits per heavy atom. The predicted molar refractivity (Wildman–Crippen MR) is 72.9 cm³/mol. The minimum atomic E-state index is -0.179. The number of ether oxygens (including phenoxy) is 1. The molecule has 0 amide bonds. The van der Waals surface area contributed by atoms with Crippen molar-refractivity contribution in [2.24, 2.45) is 10.8 Å². The molecule has 0 atom stereocenters. The molecule has 0 heterocycles. The van der Waals surface area contributed by atoms with E-state index in [0.29, 0.717) is 6.61 Å². The van der Waals surface area contributed by atoms with Crippen LogP contribution in [0.2, 0.25) is 0 Å². The van der Waals surface area contributed by atoms with Crippen molar-refractivity contribution in [2.75, 3.05) is 6.61 Å². The molecular formula is C15H28O2.